The van der Waals surface area contributed by atoms with Crippen LogP contribution in [0.5, 0.6) is 0 Å². The molecule has 13 heavy (non-hydrogen) atoms. The molecule has 0 aromatic rings. The molecule has 0 fully saturated rings. The fraction of sp³-hybridized carbons (Fsp3) is 0.857. The first kappa shape index (κ1) is 23.1. The van der Waals surface area contributed by atoms with Gasteiger partial charge in [0.05, 0.1) is 11.9 Å². The molecule has 0 spiro atoms. The highest BCUT2D eigenvalue weighted by atomic mass is 35.5. The van der Waals surface area contributed by atoms with Crippen molar-refractivity contribution in [3.05, 3.63) is 0 Å². The molecular formula is C7H18Cl2O4. The van der Waals surface area contributed by atoms with E-state index in [0.29, 0.717) is 6.61 Å². The van der Waals surface area contributed by atoms with Crippen LogP contribution in [0.25, 0.3) is 0 Å². The molecule has 0 aromatic heterocycles. The Balaban J connectivity index is -0.0000000501. The summed E-state index contributed by atoms with van der Waals surface area (Å²) in [5.41, 5.74) is 0. The highest BCUT2D eigenvalue weighted by molar-refractivity contribution is 6.40. The Labute approximate surface area is 89.1 Å². The Morgan fingerprint density at radius 1 is 1.38 bits per heavy atom. The molecule has 0 saturated carbocycles. The SMILES string of the molecule is CCO.CCOC(C)=O.ClCCl.O. The molecule has 0 unspecified atom stereocenters. The van der Waals surface area contributed by atoms with Gasteiger partial charge >= 0.3 is 5.97 Å². The van der Waals surface area contributed by atoms with Crippen LogP contribution in [-0.4, -0.2) is 35.1 Å². The van der Waals surface area contributed by atoms with Gasteiger partial charge in [-0.1, -0.05) is 0 Å². The zero-order valence-electron chi connectivity index (χ0n) is 8.14. The third kappa shape index (κ3) is 135. The van der Waals surface area contributed by atoms with Gasteiger partial charge in [0.25, 0.3) is 0 Å². The summed E-state index contributed by atoms with van der Waals surface area (Å²) >= 11 is 9.53. The number of aliphatic hydroxyl groups excluding tert-OH is 1. The quantitative estimate of drug-likeness (QED) is 0.549. The number of esters is 1. The number of aliphatic hydroxyl groups is 1. The van der Waals surface area contributed by atoms with E-state index in [-0.39, 0.29) is 23.4 Å². The zero-order valence-corrected chi connectivity index (χ0v) is 9.65. The number of hydrogen-bond acceptors (Lipinski definition) is 3. The first-order valence-corrected chi connectivity index (χ1v) is 4.53. The maximum atomic E-state index is 9.82. The summed E-state index contributed by atoms with van der Waals surface area (Å²) in [5.74, 6) is -0.211. The van der Waals surface area contributed by atoms with Crippen LogP contribution in [-0.2, 0) is 9.53 Å². The van der Waals surface area contributed by atoms with Gasteiger partial charge in [0.2, 0.25) is 0 Å². The van der Waals surface area contributed by atoms with Crippen LogP contribution in [0.4, 0.5) is 0 Å². The summed E-state index contributed by atoms with van der Waals surface area (Å²) in [6.45, 7) is 5.58. The highest BCUT2D eigenvalue weighted by Crippen LogP contribution is 1.73. The molecule has 0 amide bonds. The lowest BCUT2D eigenvalue weighted by Crippen LogP contribution is -1.95. The molecule has 0 bridgehead atoms. The van der Waals surface area contributed by atoms with Crippen LogP contribution >= 0.6 is 23.2 Å². The van der Waals surface area contributed by atoms with E-state index in [1.165, 1.54) is 6.92 Å². The Kier molecular flexibility index (Phi) is 52.7. The first-order valence-electron chi connectivity index (χ1n) is 3.46. The Hall–Kier alpha value is -0.0300. The topological polar surface area (TPSA) is 78.0 Å². The van der Waals surface area contributed by atoms with Gasteiger partial charge in [0.15, 0.2) is 0 Å². The van der Waals surface area contributed by atoms with Gasteiger partial charge in [-0.15, -0.1) is 23.2 Å². The van der Waals surface area contributed by atoms with Crippen molar-refractivity contribution in [3.8, 4) is 0 Å². The molecule has 0 aliphatic heterocycles. The fourth-order valence-corrected chi connectivity index (χ4v) is 0.203. The minimum absolute atomic E-state index is 0. The van der Waals surface area contributed by atoms with E-state index in [4.69, 9.17) is 28.3 Å². The first-order chi connectivity index (χ1) is 5.60. The van der Waals surface area contributed by atoms with Gasteiger partial charge in [-0.3, -0.25) is 4.79 Å². The summed E-state index contributed by atoms with van der Waals surface area (Å²) in [7, 11) is 0. The number of carbonyl (C=O) groups excluding carboxylic acids is 1. The van der Waals surface area contributed by atoms with Crippen LogP contribution in [0.15, 0.2) is 0 Å². The van der Waals surface area contributed by atoms with Crippen LogP contribution in [0, 0.1) is 0 Å². The lowest BCUT2D eigenvalue weighted by Gasteiger charge is -1.89. The minimum Gasteiger partial charge on any atom is -0.466 e. The molecule has 0 aliphatic carbocycles. The smallest absolute Gasteiger partial charge is 0.302 e. The monoisotopic (exact) mass is 236 g/mol. The van der Waals surface area contributed by atoms with Crippen molar-refractivity contribution < 1.29 is 20.1 Å². The van der Waals surface area contributed by atoms with Crippen molar-refractivity contribution in [1.29, 1.82) is 0 Å². The van der Waals surface area contributed by atoms with E-state index >= 15 is 0 Å². The van der Waals surface area contributed by atoms with Gasteiger partial charge < -0.3 is 15.3 Å². The van der Waals surface area contributed by atoms with Crippen molar-refractivity contribution in [3.63, 3.8) is 0 Å². The predicted molar refractivity (Wildman–Crippen MR) is 55.3 cm³/mol. The average molecular weight is 237 g/mol. The van der Waals surface area contributed by atoms with Crippen molar-refractivity contribution in [2.75, 3.05) is 18.6 Å². The molecule has 0 aromatic carbocycles. The average Bonchev–Trinajstić information content (AvgIpc) is 1.89. The fourth-order valence-electron chi connectivity index (χ4n) is 0.203. The molecule has 0 heterocycles. The Bertz CT molecular complexity index is 78.9. The summed E-state index contributed by atoms with van der Waals surface area (Å²) in [6.07, 6.45) is 0. The van der Waals surface area contributed by atoms with E-state index < -0.39 is 0 Å². The van der Waals surface area contributed by atoms with Gasteiger partial charge in [0.1, 0.15) is 0 Å². The molecule has 0 rings (SSSR count). The van der Waals surface area contributed by atoms with Crippen LogP contribution in [0.1, 0.15) is 20.8 Å². The van der Waals surface area contributed by atoms with E-state index in [1.807, 2.05) is 0 Å². The molecule has 0 aliphatic rings. The largest absolute Gasteiger partial charge is 0.466 e. The second-order valence-electron chi connectivity index (χ2n) is 1.34. The van der Waals surface area contributed by atoms with Gasteiger partial charge in [-0.05, 0) is 13.8 Å². The normalized spacial score (nSPS) is 6.31. The Morgan fingerprint density at radius 3 is 1.62 bits per heavy atom. The molecule has 0 radical (unpaired) electrons. The molecule has 3 N–H and O–H groups in total. The number of alkyl halides is 2. The van der Waals surface area contributed by atoms with Gasteiger partial charge in [0, 0.05) is 13.5 Å². The van der Waals surface area contributed by atoms with E-state index in [1.54, 1.807) is 13.8 Å². The molecular weight excluding hydrogens is 219 g/mol. The van der Waals surface area contributed by atoms with Crippen LogP contribution < -0.4 is 0 Å². The molecule has 4 nitrogen and oxygen atoms in total. The summed E-state index contributed by atoms with van der Waals surface area (Å²) < 4.78 is 4.40. The second-order valence-corrected chi connectivity index (χ2v) is 2.15. The third-order valence-corrected chi connectivity index (χ3v) is 0.348. The van der Waals surface area contributed by atoms with E-state index in [2.05, 4.69) is 4.74 Å². The van der Waals surface area contributed by atoms with E-state index in [9.17, 15) is 4.79 Å². The number of ether oxygens (including phenoxy) is 1. The van der Waals surface area contributed by atoms with Gasteiger partial charge in [-0.2, -0.15) is 0 Å². The van der Waals surface area contributed by atoms with Gasteiger partial charge in [-0.25, -0.2) is 0 Å². The molecule has 0 atom stereocenters. The lowest BCUT2D eigenvalue weighted by atomic mass is 10.8. The standard InChI is InChI=1S/C4H8O2.C2H6O.CH2Cl2.H2O/c1-3-6-4(2)5;1-2-3;2-1-3;/h3H2,1-2H3;3H,2H2,1H3;1H2;1H2. The van der Waals surface area contributed by atoms with Crippen LogP contribution in [0.2, 0.25) is 0 Å². The molecule has 6 heteroatoms. The zero-order chi connectivity index (χ0) is 10.4. The number of rotatable bonds is 1. The van der Waals surface area contributed by atoms with Crippen molar-refractivity contribution >= 4 is 29.2 Å². The number of halogens is 2. The predicted octanol–water partition coefficient (Wildman–Crippen LogP) is 1.16. The number of hydrogen-bond donors (Lipinski definition) is 1. The van der Waals surface area contributed by atoms with Crippen molar-refractivity contribution in [1.82, 2.24) is 0 Å². The van der Waals surface area contributed by atoms with E-state index in [0.717, 1.165) is 0 Å². The summed E-state index contributed by atoms with van der Waals surface area (Å²) in [5, 5.41) is 7.76. The minimum atomic E-state index is -0.211. The number of carbonyl (C=O) groups is 1. The van der Waals surface area contributed by atoms with Crippen molar-refractivity contribution in [2.45, 2.75) is 20.8 Å². The molecule has 84 valence electrons. The molecule has 0 saturated heterocycles. The summed E-state index contributed by atoms with van der Waals surface area (Å²) in [6, 6.07) is 0. The maximum absolute atomic E-state index is 9.82. The summed E-state index contributed by atoms with van der Waals surface area (Å²) in [4.78, 5) is 9.82. The van der Waals surface area contributed by atoms with Crippen LogP contribution in [0.3, 0.4) is 0 Å². The maximum Gasteiger partial charge on any atom is 0.302 e. The lowest BCUT2D eigenvalue weighted by molar-refractivity contribution is -0.140. The second kappa shape index (κ2) is 29.7. The van der Waals surface area contributed by atoms with Crippen molar-refractivity contribution in [2.24, 2.45) is 0 Å². The Morgan fingerprint density at radius 2 is 1.62 bits per heavy atom. The highest BCUT2D eigenvalue weighted by Gasteiger charge is 1.81. The third-order valence-electron chi connectivity index (χ3n) is 0.348.